The van der Waals surface area contributed by atoms with Crippen molar-refractivity contribution in [2.24, 2.45) is 0 Å². The third kappa shape index (κ3) is 2.90. The topological polar surface area (TPSA) is 127 Å². The first-order chi connectivity index (χ1) is 7.50. The average molecular weight is 226 g/mol. The van der Waals surface area contributed by atoms with Crippen molar-refractivity contribution in [3.05, 3.63) is 22.6 Å². The molecule has 0 unspecified atom stereocenters. The zero-order valence-electron chi connectivity index (χ0n) is 7.72. The molecule has 0 saturated heterocycles. The lowest BCUT2D eigenvalue weighted by Crippen LogP contribution is -2.19. The molecule has 9 heteroatoms. The van der Waals surface area contributed by atoms with Crippen LogP contribution >= 0.6 is 0 Å². The molecule has 0 atom stereocenters. The summed E-state index contributed by atoms with van der Waals surface area (Å²) >= 11 is 0. The fraction of sp³-hybridized carbons (Fsp3) is 0. The van der Waals surface area contributed by atoms with Crippen LogP contribution in [-0.4, -0.2) is 41.9 Å². The van der Waals surface area contributed by atoms with Crippen molar-refractivity contribution < 1.29 is 19.8 Å². The normalized spacial score (nSPS) is 11.2. The van der Waals surface area contributed by atoms with Crippen molar-refractivity contribution in [2.45, 2.75) is 0 Å². The molecule has 0 saturated carbocycles. The third-order valence-electron chi connectivity index (χ3n) is 1.34. The zero-order valence-corrected chi connectivity index (χ0v) is 7.72. The van der Waals surface area contributed by atoms with Gasteiger partial charge in [0.15, 0.2) is 0 Å². The van der Waals surface area contributed by atoms with Crippen LogP contribution in [0, 0.1) is 0 Å². The number of hydrogen-bond donors (Lipinski definition) is 2. The van der Waals surface area contributed by atoms with Crippen molar-refractivity contribution >= 4 is 24.3 Å². The monoisotopic (exact) mass is 226 g/mol. The Hall–Kier alpha value is -2.71. The molecule has 1 aromatic rings. The molecule has 0 amide bonds. The summed E-state index contributed by atoms with van der Waals surface area (Å²) in [6.07, 6.45) is 3.17. The molecule has 0 spiro atoms. The number of carboxylic acid groups (broad SMARTS) is 2. The van der Waals surface area contributed by atoms with Gasteiger partial charge in [-0.1, -0.05) is 0 Å². The first-order valence-electron chi connectivity index (χ1n) is 3.87. The summed E-state index contributed by atoms with van der Waals surface area (Å²) in [5, 5.41) is 23.2. The Morgan fingerprint density at radius 3 is 1.69 bits per heavy atom. The molecule has 1 heterocycles. The van der Waals surface area contributed by atoms with Crippen LogP contribution in [0.1, 0.15) is 0 Å². The van der Waals surface area contributed by atoms with Gasteiger partial charge in [-0.2, -0.15) is 9.36 Å². The first-order valence-corrected chi connectivity index (χ1v) is 3.87. The minimum atomic E-state index is -1.25. The van der Waals surface area contributed by atoms with Crippen LogP contribution in [0.5, 0.6) is 0 Å². The van der Waals surface area contributed by atoms with Gasteiger partial charge >= 0.3 is 17.6 Å². The number of nitrogens with zero attached hydrogens (tertiary/aromatic N) is 4. The van der Waals surface area contributed by atoms with Crippen molar-refractivity contribution in [3.63, 3.8) is 0 Å². The van der Waals surface area contributed by atoms with Crippen LogP contribution in [0.2, 0.25) is 0 Å². The highest BCUT2D eigenvalue weighted by Crippen LogP contribution is 1.81. The fourth-order valence-corrected chi connectivity index (χ4v) is 0.724. The largest absolute Gasteiger partial charge is 0.478 e. The van der Waals surface area contributed by atoms with E-state index in [1.165, 1.54) is 0 Å². The Morgan fingerprint density at radius 1 is 1.00 bits per heavy atom. The number of carbonyl (C=O) groups is 2. The van der Waals surface area contributed by atoms with E-state index in [1.54, 1.807) is 0 Å². The quantitative estimate of drug-likeness (QED) is 0.601. The van der Waals surface area contributed by atoms with Gasteiger partial charge in [0.1, 0.15) is 0 Å². The van der Waals surface area contributed by atoms with Crippen LogP contribution in [0.15, 0.2) is 16.9 Å². The van der Waals surface area contributed by atoms with Gasteiger partial charge < -0.3 is 10.2 Å². The van der Waals surface area contributed by atoms with Gasteiger partial charge in [0.2, 0.25) is 0 Å². The molecule has 0 bridgehead atoms. The number of carboxylic acids is 2. The molecule has 1 rings (SSSR count). The second kappa shape index (κ2) is 4.68. The predicted molar refractivity (Wildman–Crippen MR) is 50.2 cm³/mol. The lowest BCUT2D eigenvalue weighted by molar-refractivity contribution is -0.132. The maximum absolute atomic E-state index is 11.3. The van der Waals surface area contributed by atoms with Crippen molar-refractivity contribution in [1.82, 2.24) is 19.8 Å². The molecule has 0 aromatic carbocycles. The second-order valence-corrected chi connectivity index (χ2v) is 2.46. The molecule has 0 radical (unpaired) electrons. The van der Waals surface area contributed by atoms with E-state index in [-0.39, 0.29) is 0 Å². The molecule has 0 fully saturated rings. The van der Waals surface area contributed by atoms with E-state index in [0.29, 0.717) is 21.5 Å². The Bertz CT molecular complexity index is 479. The standard InChI is InChI=1S/C7H6N4O5/c12-5(13)1-3-10-7(16)11(9-8-10)4-2-6(14)15/h1-4H,(H,12,13)(H,14,15)/b3-1+,4-2+. The highest BCUT2D eigenvalue weighted by atomic mass is 16.4. The number of hydrogen-bond acceptors (Lipinski definition) is 5. The summed E-state index contributed by atoms with van der Waals surface area (Å²) in [5.74, 6) is -2.50. The summed E-state index contributed by atoms with van der Waals surface area (Å²) < 4.78 is 1.31. The lowest BCUT2D eigenvalue weighted by Gasteiger charge is -1.84. The Balaban J connectivity index is 2.97. The van der Waals surface area contributed by atoms with E-state index in [9.17, 15) is 14.4 Å². The molecule has 0 aliphatic rings. The highest BCUT2D eigenvalue weighted by molar-refractivity contribution is 5.83. The molecule has 1 aromatic heterocycles. The second-order valence-electron chi connectivity index (χ2n) is 2.46. The summed E-state index contributed by atoms with van der Waals surface area (Å²) in [7, 11) is 0. The first kappa shape index (κ1) is 11.4. The minimum absolute atomic E-state index is 0.653. The van der Waals surface area contributed by atoms with Gasteiger partial charge in [-0.25, -0.2) is 14.4 Å². The maximum Gasteiger partial charge on any atom is 0.372 e. The van der Waals surface area contributed by atoms with Gasteiger partial charge in [0.05, 0.1) is 0 Å². The molecular formula is C7H6N4O5. The van der Waals surface area contributed by atoms with Crippen molar-refractivity contribution in [3.8, 4) is 0 Å². The predicted octanol–water partition coefficient (Wildman–Crippen LogP) is -1.45. The van der Waals surface area contributed by atoms with Gasteiger partial charge in [0.25, 0.3) is 0 Å². The van der Waals surface area contributed by atoms with Crippen molar-refractivity contribution in [1.29, 1.82) is 0 Å². The summed E-state index contributed by atoms with van der Waals surface area (Å²) in [6, 6.07) is 0. The average Bonchev–Trinajstić information content (AvgIpc) is 2.53. The van der Waals surface area contributed by atoms with Crippen LogP contribution in [-0.2, 0) is 9.59 Å². The van der Waals surface area contributed by atoms with E-state index in [1.807, 2.05) is 0 Å². The molecule has 84 valence electrons. The fourth-order valence-electron chi connectivity index (χ4n) is 0.724. The van der Waals surface area contributed by atoms with Crippen molar-refractivity contribution in [2.75, 3.05) is 0 Å². The molecule has 9 nitrogen and oxygen atoms in total. The van der Waals surface area contributed by atoms with Gasteiger partial charge in [-0.15, -0.1) is 0 Å². The number of rotatable bonds is 4. The molecule has 2 N–H and O–H groups in total. The summed E-state index contributed by atoms with van der Waals surface area (Å²) in [4.78, 5) is 31.6. The van der Waals surface area contributed by atoms with Crippen LogP contribution in [0.25, 0.3) is 12.4 Å². The van der Waals surface area contributed by atoms with Crippen LogP contribution in [0.3, 0.4) is 0 Å². The highest BCUT2D eigenvalue weighted by Gasteiger charge is 2.01. The molecule has 0 aliphatic carbocycles. The van der Waals surface area contributed by atoms with Crippen LogP contribution < -0.4 is 5.69 Å². The maximum atomic E-state index is 11.3. The molecular weight excluding hydrogens is 220 g/mol. The van der Waals surface area contributed by atoms with E-state index in [2.05, 4.69) is 10.4 Å². The smallest absolute Gasteiger partial charge is 0.372 e. The van der Waals surface area contributed by atoms with E-state index in [0.717, 1.165) is 12.4 Å². The summed E-state index contributed by atoms with van der Waals surface area (Å²) in [5.41, 5.74) is -0.782. The number of aromatic nitrogens is 4. The SMILES string of the molecule is O=C(O)/C=C/n1nnn(/C=C/C(=O)O)c1=O. The number of tetrazole rings is 1. The lowest BCUT2D eigenvalue weighted by atomic mass is 10.6. The van der Waals surface area contributed by atoms with Gasteiger partial charge in [-0.05, 0) is 10.4 Å². The zero-order chi connectivity index (χ0) is 12.1. The Morgan fingerprint density at radius 2 is 1.38 bits per heavy atom. The van der Waals surface area contributed by atoms with E-state index < -0.39 is 17.6 Å². The van der Waals surface area contributed by atoms with Crippen LogP contribution in [0.4, 0.5) is 0 Å². The Kier molecular flexibility index (Phi) is 3.33. The van der Waals surface area contributed by atoms with Gasteiger partial charge in [-0.3, -0.25) is 0 Å². The molecule has 16 heavy (non-hydrogen) atoms. The van der Waals surface area contributed by atoms with Gasteiger partial charge in [0, 0.05) is 24.6 Å². The minimum Gasteiger partial charge on any atom is -0.478 e. The third-order valence-corrected chi connectivity index (χ3v) is 1.34. The molecule has 0 aliphatic heterocycles. The number of aliphatic carboxylic acids is 2. The summed E-state index contributed by atoms with van der Waals surface area (Å²) in [6.45, 7) is 0. The van der Waals surface area contributed by atoms with E-state index >= 15 is 0 Å². The Labute approximate surface area is 87.5 Å². The van der Waals surface area contributed by atoms with E-state index in [4.69, 9.17) is 10.2 Å².